The van der Waals surface area contributed by atoms with Crippen molar-refractivity contribution in [3.63, 3.8) is 0 Å². The number of aromatic nitrogens is 1. The molecule has 5 nitrogen and oxygen atoms in total. The van der Waals surface area contributed by atoms with Gasteiger partial charge < -0.3 is 5.32 Å². The first kappa shape index (κ1) is 12.6. The Morgan fingerprint density at radius 1 is 1.32 bits per heavy atom. The second-order valence-corrected chi connectivity index (χ2v) is 3.96. The molecule has 2 aromatic rings. The first-order chi connectivity index (χ1) is 9.20. The lowest BCUT2D eigenvalue weighted by Gasteiger charge is -2.09. The van der Waals surface area contributed by atoms with Gasteiger partial charge in [0.2, 0.25) is 0 Å². The molecule has 0 aliphatic rings. The zero-order valence-corrected chi connectivity index (χ0v) is 10.3. The summed E-state index contributed by atoms with van der Waals surface area (Å²) in [7, 11) is 0. The van der Waals surface area contributed by atoms with Gasteiger partial charge in [0, 0.05) is 11.9 Å². The Morgan fingerprint density at radius 3 is 2.89 bits per heavy atom. The van der Waals surface area contributed by atoms with Crippen LogP contribution in [-0.2, 0) is 0 Å². The Hall–Kier alpha value is -2.87. The van der Waals surface area contributed by atoms with Crippen LogP contribution in [0.5, 0.6) is 0 Å². The maximum Gasteiger partial charge on any atom is 0.268 e. The smallest absolute Gasteiger partial charge is 0.268 e. The van der Waals surface area contributed by atoms with Crippen LogP contribution in [0.25, 0.3) is 0 Å². The van der Waals surface area contributed by atoms with Gasteiger partial charge in [0.05, 0.1) is 5.56 Å². The van der Waals surface area contributed by atoms with Crippen LogP contribution in [0.2, 0.25) is 0 Å². The Bertz CT molecular complexity index is 646. The molecule has 1 heterocycles. The fraction of sp³-hybridized carbons (Fsp3) is 0.0714. The molecule has 94 valence electrons. The van der Waals surface area contributed by atoms with Crippen molar-refractivity contribution >= 4 is 17.4 Å². The van der Waals surface area contributed by atoms with Crippen molar-refractivity contribution in [3.05, 3.63) is 53.7 Å². The first-order valence-electron chi connectivity index (χ1n) is 5.69. The number of rotatable bonds is 3. The van der Waals surface area contributed by atoms with E-state index in [1.54, 1.807) is 24.5 Å². The Morgan fingerprint density at radius 2 is 2.16 bits per heavy atom. The number of nitrogens with one attached hydrogen (secondary N) is 2. The predicted molar refractivity (Wildman–Crippen MR) is 71.8 cm³/mol. The minimum Gasteiger partial charge on any atom is -0.340 e. The molecule has 0 fully saturated rings. The lowest BCUT2D eigenvalue weighted by atomic mass is 10.2. The van der Waals surface area contributed by atoms with Gasteiger partial charge in [-0.3, -0.25) is 10.1 Å². The molecule has 0 spiro atoms. The SMILES string of the molecule is Cc1cccc(Nc2ncccc2C(=O)NC#N)c1. The van der Waals surface area contributed by atoms with Gasteiger partial charge in [0.15, 0.2) is 6.19 Å². The van der Waals surface area contributed by atoms with Crippen molar-refractivity contribution < 1.29 is 4.79 Å². The summed E-state index contributed by atoms with van der Waals surface area (Å²) in [6, 6.07) is 11.0. The van der Waals surface area contributed by atoms with E-state index in [4.69, 9.17) is 5.26 Å². The molecule has 2 N–H and O–H groups in total. The molecule has 0 bridgehead atoms. The summed E-state index contributed by atoms with van der Waals surface area (Å²) in [6.07, 6.45) is 3.20. The van der Waals surface area contributed by atoms with Crippen LogP contribution < -0.4 is 10.6 Å². The first-order valence-corrected chi connectivity index (χ1v) is 5.69. The second kappa shape index (κ2) is 5.65. The van der Waals surface area contributed by atoms with Crippen molar-refractivity contribution in [2.24, 2.45) is 0 Å². The van der Waals surface area contributed by atoms with E-state index in [1.165, 1.54) is 0 Å². The highest BCUT2D eigenvalue weighted by Gasteiger charge is 2.11. The van der Waals surface area contributed by atoms with Crippen LogP contribution in [0.1, 0.15) is 15.9 Å². The molecule has 1 amide bonds. The highest BCUT2D eigenvalue weighted by atomic mass is 16.1. The predicted octanol–water partition coefficient (Wildman–Crippen LogP) is 2.34. The van der Waals surface area contributed by atoms with E-state index < -0.39 is 5.91 Å². The van der Waals surface area contributed by atoms with Crippen molar-refractivity contribution in [1.82, 2.24) is 10.3 Å². The molecule has 1 aromatic carbocycles. The Labute approximate surface area is 110 Å². The van der Waals surface area contributed by atoms with Crippen molar-refractivity contribution in [2.45, 2.75) is 6.92 Å². The highest BCUT2D eigenvalue weighted by molar-refractivity contribution is 6.00. The van der Waals surface area contributed by atoms with E-state index in [0.717, 1.165) is 11.3 Å². The van der Waals surface area contributed by atoms with Crippen molar-refractivity contribution in [2.75, 3.05) is 5.32 Å². The number of anilines is 2. The van der Waals surface area contributed by atoms with E-state index in [-0.39, 0.29) is 0 Å². The lowest BCUT2D eigenvalue weighted by Crippen LogP contribution is -2.19. The minimum atomic E-state index is -0.481. The maximum atomic E-state index is 11.7. The van der Waals surface area contributed by atoms with E-state index in [1.807, 2.05) is 31.2 Å². The van der Waals surface area contributed by atoms with Crippen LogP contribution in [0.3, 0.4) is 0 Å². The van der Waals surface area contributed by atoms with Crippen LogP contribution in [0, 0.1) is 18.4 Å². The number of aryl methyl sites for hydroxylation is 1. The van der Waals surface area contributed by atoms with Gasteiger partial charge >= 0.3 is 0 Å². The van der Waals surface area contributed by atoms with Gasteiger partial charge in [-0.15, -0.1) is 0 Å². The van der Waals surface area contributed by atoms with Crippen LogP contribution in [0.15, 0.2) is 42.6 Å². The second-order valence-electron chi connectivity index (χ2n) is 3.96. The zero-order valence-electron chi connectivity index (χ0n) is 10.3. The van der Waals surface area contributed by atoms with E-state index >= 15 is 0 Å². The van der Waals surface area contributed by atoms with Gasteiger partial charge in [0.25, 0.3) is 5.91 Å². The molecule has 0 radical (unpaired) electrons. The van der Waals surface area contributed by atoms with Gasteiger partial charge in [-0.2, -0.15) is 5.26 Å². The molecule has 0 aliphatic heterocycles. The number of pyridine rings is 1. The number of hydrogen-bond donors (Lipinski definition) is 2. The van der Waals surface area contributed by atoms with E-state index in [9.17, 15) is 4.79 Å². The molecule has 19 heavy (non-hydrogen) atoms. The summed E-state index contributed by atoms with van der Waals surface area (Å²) in [5.74, 6) is -0.0633. The largest absolute Gasteiger partial charge is 0.340 e. The fourth-order valence-corrected chi connectivity index (χ4v) is 1.67. The summed E-state index contributed by atoms with van der Waals surface area (Å²) in [4.78, 5) is 15.8. The number of carbonyl (C=O) groups is 1. The van der Waals surface area contributed by atoms with Gasteiger partial charge in [-0.05, 0) is 36.8 Å². The van der Waals surface area contributed by atoms with Crippen LogP contribution in [-0.4, -0.2) is 10.9 Å². The number of nitriles is 1. The fourth-order valence-electron chi connectivity index (χ4n) is 1.67. The van der Waals surface area contributed by atoms with Gasteiger partial charge in [0.1, 0.15) is 5.82 Å². The molecular weight excluding hydrogens is 240 g/mol. The third-order valence-electron chi connectivity index (χ3n) is 2.50. The summed E-state index contributed by atoms with van der Waals surface area (Å²) >= 11 is 0. The van der Waals surface area contributed by atoms with Gasteiger partial charge in [-0.25, -0.2) is 4.98 Å². The third kappa shape index (κ3) is 3.07. The van der Waals surface area contributed by atoms with Crippen LogP contribution >= 0.6 is 0 Å². The third-order valence-corrected chi connectivity index (χ3v) is 2.50. The molecule has 5 heteroatoms. The minimum absolute atomic E-state index is 0.325. The number of amides is 1. The van der Waals surface area contributed by atoms with E-state index in [0.29, 0.717) is 11.4 Å². The molecule has 0 saturated carbocycles. The highest BCUT2D eigenvalue weighted by Crippen LogP contribution is 2.19. The van der Waals surface area contributed by atoms with E-state index in [2.05, 4.69) is 15.6 Å². The Kier molecular flexibility index (Phi) is 3.74. The summed E-state index contributed by atoms with van der Waals surface area (Å²) in [6.45, 7) is 1.98. The molecule has 2 rings (SSSR count). The average Bonchev–Trinajstić information content (AvgIpc) is 2.39. The monoisotopic (exact) mass is 252 g/mol. The standard InChI is InChI=1S/C14H12N4O/c1-10-4-2-5-11(8-10)18-13-12(6-3-7-16-13)14(19)17-9-15/h2-8H,1H3,(H,16,18)(H,17,19). The van der Waals surface area contributed by atoms with Crippen molar-refractivity contribution in [1.29, 1.82) is 5.26 Å². The Balaban J connectivity index is 2.30. The zero-order chi connectivity index (χ0) is 13.7. The number of benzene rings is 1. The quantitative estimate of drug-likeness (QED) is 0.649. The number of hydrogen-bond acceptors (Lipinski definition) is 4. The van der Waals surface area contributed by atoms with Crippen LogP contribution in [0.4, 0.5) is 11.5 Å². The van der Waals surface area contributed by atoms with Gasteiger partial charge in [-0.1, -0.05) is 12.1 Å². The molecule has 1 aromatic heterocycles. The lowest BCUT2D eigenvalue weighted by molar-refractivity contribution is 0.0973. The topological polar surface area (TPSA) is 77.8 Å². The normalized spacial score (nSPS) is 9.47. The maximum absolute atomic E-state index is 11.7. The number of nitrogens with zero attached hydrogens (tertiary/aromatic N) is 2. The molecule has 0 atom stereocenters. The summed E-state index contributed by atoms with van der Waals surface area (Å²) in [5.41, 5.74) is 2.26. The molecule has 0 unspecified atom stereocenters. The van der Waals surface area contributed by atoms with Crippen molar-refractivity contribution in [3.8, 4) is 6.19 Å². The molecular formula is C14H12N4O. The molecule has 0 aliphatic carbocycles. The summed E-state index contributed by atoms with van der Waals surface area (Å²) in [5, 5.41) is 13.6. The molecule has 0 saturated heterocycles. The summed E-state index contributed by atoms with van der Waals surface area (Å²) < 4.78 is 0. The average molecular weight is 252 g/mol. The number of carbonyl (C=O) groups excluding carboxylic acids is 1.